The number of hydrogen-bond donors (Lipinski definition) is 1. The lowest BCUT2D eigenvalue weighted by Crippen LogP contribution is -2.32. The second kappa shape index (κ2) is 5.48. The first kappa shape index (κ1) is 11.7. The highest BCUT2D eigenvalue weighted by Gasteiger charge is 2.09. The summed E-state index contributed by atoms with van der Waals surface area (Å²) in [6, 6.07) is 4.00. The molecule has 0 aromatic carbocycles. The molecule has 0 aliphatic rings. The Bertz CT molecular complexity index is 314. The first-order valence-corrected chi connectivity index (χ1v) is 5.94. The Morgan fingerprint density at radius 2 is 2.36 bits per heavy atom. The molecule has 1 rings (SSSR count). The van der Waals surface area contributed by atoms with Crippen molar-refractivity contribution in [1.29, 1.82) is 0 Å². The number of hydrogen-bond acceptors (Lipinski definition) is 3. The normalized spacial score (nSPS) is 10.2. The Kier molecular flexibility index (Phi) is 4.57. The lowest BCUT2D eigenvalue weighted by molar-refractivity contribution is -0.129. The van der Waals surface area contributed by atoms with Crippen LogP contribution in [0, 0.1) is 0 Å². The van der Waals surface area contributed by atoms with Gasteiger partial charge in [-0.3, -0.25) is 4.79 Å². The van der Waals surface area contributed by atoms with Crippen LogP contribution in [0.2, 0.25) is 0 Å². The summed E-state index contributed by atoms with van der Waals surface area (Å²) in [5, 5.41) is 0. The van der Waals surface area contributed by atoms with E-state index in [2.05, 4.69) is 15.9 Å². The monoisotopic (exact) mass is 276 g/mol. The SMILES string of the molecule is CC(=O)N(CCN)Cc1ccc(Br)s1. The zero-order chi connectivity index (χ0) is 10.6. The molecule has 0 radical (unpaired) electrons. The van der Waals surface area contributed by atoms with Crippen LogP contribution in [-0.4, -0.2) is 23.9 Å². The summed E-state index contributed by atoms with van der Waals surface area (Å²) in [5.74, 6) is 0.0694. The number of rotatable bonds is 4. The second-order valence-electron chi connectivity index (χ2n) is 2.94. The van der Waals surface area contributed by atoms with E-state index in [9.17, 15) is 4.79 Å². The van der Waals surface area contributed by atoms with E-state index in [1.165, 1.54) is 4.88 Å². The van der Waals surface area contributed by atoms with Gasteiger partial charge >= 0.3 is 0 Å². The summed E-state index contributed by atoms with van der Waals surface area (Å²) in [4.78, 5) is 14.1. The van der Waals surface area contributed by atoms with E-state index < -0.39 is 0 Å². The smallest absolute Gasteiger partial charge is 0.219 e. The number of nitrogens with zero attached hydrogens (tertiary/aromatic N) is 1. The van der Waals surface area contributed by atoms with E-state index in [1.54, 1.807) is 23.2 Å². The van der Waals surface area contributed by atoms with Gasteiger partial charge in [0.25, 0.3) is 0 Å². The summed E-state index contributed by atoms with van der Waals surface area (Å²) in [5.41, 5.74) is 5.43. The van der Waals surface area contributed by atoms with Crippen molar-refractivity contribution in [3.05, 3.63) is 20.8 Å². The maximum atomic E-state index is 11.2. The topological polar surface area (TPSA) is 46.3 Å². The van der Waals surface area contributed by atoms with Crippen LogP contribution in [0.3, 0.4) is 0 Å². The predicted octanol–water partition coefficient (Wildman–Crippen LogP) is 1.82. The molecule has 0 saturated carbocycles. The van der Waals surface area contributed by atoms with Gasteiger partial charge in [-0.05, 0) is 28.1 Å². The molecule has 0 aliphatic carbocycles. The number of nitrogens with two attached hydrogens (primary N) is 1. The van der Waals surface area contributed by atoms with Crippen molar-refractivity contribution in [2.75, 3.05) is 13.1 Å². The minimum absolute atomic E-state index is 0.0694. The van der Waals surface area contributed by atoms with E-state index in [1.807, 2.05) is 12.1 Å². The molecule has 1 aromatic rings. The molecule has 0 aliphatic heterocycles. The van der Waals surface area contributed by atoms with E-state index in [-0.39, 0.29) is 5.91 Å². The molecule has 0 fully saturated rings. The summed E-state index contributed by atoms with van der Waals surface area (Å²) >= 11 is 5.03. The van der Waals surface area contributed by atoms with Crippen molar-refractivity contribution in [2.45, 2.75) is 13.5 Å². The fraction of sp³-hybridized carbons (Fsp3) is 0.444. The van der Waals surface area contributed by atoms with E-state index in [0.717, 1.165) is 3.79 Å². The van der Waals surface area contributed by atoms with Gasteiger partial charge in [0, 0.05) is 24.9 Å². The van der Waals surface area contributed by atoms with E-state index in [0.29, 0.717) is 19.6 Å². The fourth-order valence-electron chi connectivity index (χ4n) is 1.13. The van der Waals surface area contributed by atoms with E-state index in [4.69, 9.17) is 5.73 Å². The van der Waals surface area contributed by atoms with Crippen molar-refractivity contribution in [2.24, 2.45) is 5.73 Å². The molecule has 5 heteroatoms. The van der Waals surface area contributed by atoms with Crippen molar-refractivity contribution < 1.29 is 4.79 Å². The van der Waals surface area contributed by atoms with Gasteiger partial charge in [-0.25, -0.2) is 0 Å². The van der Waals surface area contributed by atoms with Gasteiger partial charge < -0.3 is 10.6 Å². The van der Waals surface area contributed by atoms with Gasteiger partial charge in [-0.2, -0.15) is 0 Å². The maximum absolute atomic E-state index is 11.2. The van der Waals surface area contributed by atoms with Gasteiger partial charge in [0.05, 0.1) is 10.3 Å². The highest BCUT2D eigenvalue weighted by molar-refractivity contribution is 9.11. The zero-order valence-corrected chi connectivity index (χ0v) is 10.4. The van der Waals surface area contributed by atoms with Crippen LogP contribution < -0.4 is 5.73 Å². The van der Waals surface area contributed by atoms with Crippen molar-refractivity contribution in [1.82, 2.24) is 4.90 Å². The van der Waals surface area contributed by atoms with Gasteiger partial charge in [0.2, 0.25) is 5.91 Å². The van der Waals surface area contributed by atoms with Crippen LogP contribution >= 0.6 is 27.3 Å². The first-order valence-electron chi connectivity index (χ1n) is 4.33. The molecule has 1 amide bonds. The molecule has 0 saturated heterocycles. The van der Waals surface area contributed by atoms with Gasteiger partial charge in [-0.1, -0.05) is 0 Å². The van der Waals surface area contributed by atoms with Crippen LogP contribution in [0.25, 0.3) is 0 Å². The maximum Gasteiger partial charge on any atom is 0.219 e. The first-order chi connectivity index (χ1) is 6.63. The Labute approximate surface area is 96.0 Å². The Balaban J connectivity index is 2.59. The standard InChI is InChI=1S/C9H13BrN2OS/c1-7(13)12(5-4-11)6-8-2-3-9(10)14-8/h2-3H,4-6,11H2,1H3. The summed E-state index contributed by atoms with van der Waals surface area (Å²) in [7, 11) is 0. The molecule has 0 atom stereocenters. The van der Waals surface area contributed by atoms with Crippen molar-refractivity contribution in [3.8, 4) is 0 Å². The Morgan fingerprint density at radius 3 is 2.79 bits per heavy atom. The fourth-order valence-corrected chi connectivity index (χ4v) is 2.63. The van der Waals surface area contributed by atoms with Gasteiger partial charge in [-0.15, -0.1) is 11.3 Å². The molecule has 0 spiro atoms. The number of carbonyl (C=O) groups excluding carboxylic acids is 1. The lowest BCUT2D eigenvalue weighted by atomic mass is 10.4. The molecule has 14 heavy (non-hydrogen) atoms. The largest absolute Gasteiger partial charge is 0.337 e. The van der Waals surface area contributed by atoms with Crippen molar-refractivity contribution >= 4 is 33.2 Å². The summed E-state index contributed by atoms with van der Waals surface area (Å²) in [6.45, 7) is 3.35. The molecular formula is C9H13BrN2OS. The number of halogens is 1. The third-order valence-electron chi connectivity index (χ3n) is 1.82. The van der Waals surface area contributed by atoms with Gasteiger partial charge in [0.15, 0.2) is 0 Å². The minimum Gasteiger partial charge on any atom is -0.337 e. The lowest BCUT2D eigenvalue weighted by Gasteiger charge is -2.18. The number of thiophene rings is 1. The molecule has 1 heterocycles. The third kappa shape index (κ3) is 3.40. The molecule has 78 valence electrons. The predicted molar refractivity (Wildman–Crippen MR) is 62.2 cm³/mol. The highest BCUT2D eigenvalue weighted by atomic mass is 79.9. The molecular weight excluding hydrogens is 264 g/mol. The molecule has 0 unspecified atom stereocenters. The second-order valence-corrected chi connectivity index (χ2v) is 5.48. The third-order valence-corrected chi connectivity index (χ3v) is 3.43. The van der Waals surface area contributed by atoms with Gasteiger partial charge in [0.1, 0.15) is 0 Å². The highest BCUT2D eigenvalue weighted by Crippen LogP contribution is 2.23. The zero-order valence-electron chi connectivity index (χ0n) is 8.00. The Morgan fingerprint density at radius 1 is 1.64 bits per heavy atom. The number of carbonyl (C=O) groups is 1. The molecule has 3 nitrogen and oxygen atoms in total. The summed E-state index contributed by atoms with van der Waals surface area (Å²) < 4.78 is 1.09. The van der Waals surface area contributed by atoms with Crippen LogP contribution in [0.4, 0.5) is 0 Å². The van der Waals surface area contributed by atoms with Crippen molar-refractivity contribution in [3.63, 3.8) is 0 Å². The van der Waals surface area contributed by atoms with Crippen LogP contribution in [0.15, 0.2) is 15.9 Å². The van der Waals surface area contributed by atoms with Crippen LogP contribution in [0.5, 0.6) is 0 Å². The quantitative estimate of drug-likeness (QED) is 0.912. The van der Waals surface area contributed by atoms with Crippen LogP contribution in [0.1, 0.15) is 11.8 Å². The average Bonchev–Trinajstić information content (AvgIpc) is 2.50. The molecule has 1 aromatic heterocycles. The summed E-state index contributed by atoms with van der Waals surface area (Å²) in [6.07, 6.45) is 0. The minimum atomic E-state index is 0.0694. The molecule has 0 bridgehead atoms. The van der Waals surface area contributed by atoms with Crippen LogP contribution in [-0.2, 0) is 11.3 Å². The Hall–Kier alpha value is -0.390. The number of amides is 1. The molecule has 2 N–H and O–H groups in total. The van der Waals surface area contributed by atoms with E-state index >= 15 is 0 Å². The average molecular weight is 277 g/mol.